The van der Waals surface area contributed by atoms with Gasteiger partial charge in [0.2, 0.25) is 10.0 Å². The van der Waals surface area contributed by atoms with Crippen LogP contribution in [0.3, 0.4) is 0 Å². The third kappa shape index (κ3) is 4.91. The van der Waals surface area contributed by atoms with E-state index in [1.165, 1.54) is 23.5 Å². The van der Waals surface area contributed by atoms with Gasteiger partial charge in [-0.2, -0.15) is 4.31 Å². The van der Waals surface area contributed by atoms with Crippen LogP contribution in [0.25, 0.3) is 0 Å². The van der Waals surface area contributed by atoms with E-state index in [1.54, 1.807) is 32.9 Å². The van der Waals surface area contributed by atoms with Crippen molar-refractivity contribution in [3.8, 4) is 5.75 Å². The summed E-state index contributed by atoms with van der Waals surface area (Å²) in [4.78, 5) is 17.8. The molecule has 1 fully saturated rings. The number of benzene rings is 1. The second-order valence-corrected chi connectivity index (χ2v) is 8.58. The fraction of sp³-hybridized carbons (Fsp3) is 0.562. The molecule has 1 amide bonds. The van der Waals surface area contributed by atoms with Gasteiger partial charge in [0, 0.05) is 19.6 Å². The number of nitrogens with zero attached hydrogens (tertiary/aromatic N) is 1. The van der Waals surface area contributed by atoms with Crippen LogP contribution >= 0.6 is 0 Å². The average molecular weight is 371 g/mol. The van der Waals surface area contributed by atoms with E-state index in [0.29, 0.717) is 12.3 Å². The first-order valence-corrected chi connectivity index (χ1v) is 9.43. The second kappa shape index (κ2) is 7.69. The Morgan fingerprint density at radius 1 is 1.28 bits per heavy atom. The smallest absolute Gasteiger partial charge is 0.263 e. The molecule has 0 aromatic heterocycles. The summed E-state index contributed by atoms with van der Waals surface area (Å²) in [5.74, 6) is 0.0614. The summed E-state index contributed by atoms with van der Waals surface area (Å²) >= 11 is 0. The molecular formula is C16H25N3O5S. The molecule has 1 aromatic carbocycles. The topological polar surface area (TPSA) is 97.0 Å². The van der Waals surface area contributed by atoms with Gasteiger partial charge in [-0.3, -0.25) is 9.63 Å². The normalized spacial score (nSPS) is 19.4. The summed E-state index contributed by atoms with van der Waals surface area (Å²) in [6, 6.07) is 5.20. The van der Waals surface area contributed by atoms with E-state index < -0.39 is 27.6 Å². The van der Waals surface area contributed by atoms with E-state index in [-0.39, 0.29) is 18.0 Å². The molecule has 1 heterocycles. The predicted molar refractivity (Wildman–Crippen MR) is 92.5 cm³/mol. The molecular weight excluding hydrogens is 346 g/mol. The molecule has 1 atom stereocenters. The zero-order chi connectivity index (χ0) is 18.7. The van der Waals surface area contributed by atoms with Crippen molar-refractivity contribution in [2.75, 3.05) is 26.7 Å². The van der Waals surface area contributed by atoms with Crippen molar-refractivity contribution in [3.05, 3.63) is 24.3 Å². The number of piperazine rings is 1. The number of hydroxylamine groups is 1. The molecule has 9 heteroatoms. The van der Waals surface area contributed by atoms with Gasteiger partial charge in [-0.25, -0.2) is 13.9 Å². The molecule has 25 heavy (non-hydrogen) atoms. The molecule has 0 radical (unpaired) electrons. The van der Waals surface area contributed by atoms with Gasteiger partial charge in [-0.1, -0.05) is 0 Å². The highest BCUT2D eigenvalue weighted by molar-refractivity contribution is 7.89. The van der Waals surface area contributed by atoms with Crippen molar-refractivity contribution in [1.29, 1.82) is 0 Å². The fourth-order valence-electron chi connectivity index (χ4n) is 2.35. The van der Waals surface area contributed by atoms with Crippen molar-refractivity contribution in [1.82, 2.24) is 15.1 Å². The highest BCUT2D eigenvalue weighted by Crippen LogP contribution is 2.22. The van der Waals surface area contributed by atoms with Crippen molar-refractivity contribution in [3.63, 3.8) is 0 Å². The van der Waals surface area contributed by atoms with Crippen molar-refractivity contribution in [2.45, 2.75) is 37.3 Å². The van der Waals surface area contributed by atoms with E-state index in [0.717, 1.165) is 0 Å². The molecule has 2 rings (SSSR count). The van der Waals surface area contributed by atoms with Gasteiger partial charge in [0.25, 0.3) is 5.91 Å². The minimum atomic E-state index is -3.81. The van der Waals surface area contributed by atoms with Crippen LogP contribution in [-0.2, 0) is 19.7 Å². The summed E-state index contributed by atoms with van der Waals surface area (Å²) in [6.45, 7) is 6.25. The number of ether oxygens (including phenoxy) is 1. The summed E-state index contributed by atoms with van der Waals surface area (Å²) in [5.41, 5.74) is 1.79. The minimum absolute atomic E-state index is 0.115. The number of hydrogen-bond donors (Lipinski definition) is 2. The van der Waals surface area contributed by atoms with Gasteiger partial charge in [0.05, 0.1) is 17.6 Å². The van der Waals surface area contributed by atoms with E-state index in [1.807, 2.05) is 0 Å². The summed E-state index contributed by atoms with van der Waals surface area (Å²) in [7, 11) is -2.30. The van der Waals surface area contributed by atoms with Crippen molar-refractivity contribution >= 4 is 15.9 Å². The zero-order valence-corrected chi connectivity index (χ0v) is 15.7. The Morgan fingerprint density at radius 2 is 1.92 bits per heavy atom. The number of hydrogen-bond acceptors (Lipinski definition) is 6. The van der Waals surface area contributed by atoms with Crippen LogP contribution in [0.5, 0.6) is 5.75 Å². The fourth-order valence-corrected chi connectivity index (χ4v) is 3.94. The molecule has 8 nitrogen and oxygen atoms in total. The van der Waals surface area contributed by atoms with E-state index >= 15 is 0 Å². The van der Waals surface area contributed by atoms with Crippen LogP contribution in [0.4, 0.5) is 0 Å². The zero-order valence-electron chi connectivity index (χ0n) is 14.9. The lowest BCUT2D eigenvalue weighted by atomic mass is 10.2. The summed E-state index contributed by atoms with van der Waals surface area (Å²) < 4.78 is 32.1. The Balaban J connectivity index is 2.21. The van der Waals surface area contributed by atoms with Gasteiger partial charge >= 0.3 is 0 Å². The van der Waals surface area contributed by atoms with Crippen LogP contribution in [0.15, 0.2) is 29.2 Å². The molecule has 0 aliphatic carbocycles. The molecule has 1 unspecified atom stereocenters. The molecule has 0 bridgehead atoms. The van der Waals surface area contributed by atoms with Crippen LogP contribution in [-0.4, -0.2) is 57.0 Å². The van der Waals surface area contributed by atoms with E-state index in [2.05, 4.69) is 10.8 Å². The maximum Gasteiger partial charge on any atom is 0.263 e. The lowest BCUT2D eigenvalue weighted by Gasteiger charge is -2.34. The van der Waals surface area contributed by atoms with Crippen LogP contribution < -0.4 is 15.5 Å². The first kappa shape index (κ1) is 19.6. The average Bonchev–Trinajstić information content (AvgIpc) is 2.59. The molecule has 2 N–H and O–H groups in total. The van der Waals surface area contributed by atoms with Crippen molar-refractivity contribution < 1.29 is 22.8 Å². The van der Waals surface area contributed by atoms with Crippen molar-refractivity contribution in [2.24, 2.45) is 0 Å². The largest absolute Gasteiger partial charge is 0.497 e. The third-order valence-corrected chi connectivity index (χ3v) is 5.54. The number of amides is 1. The number of methoxy groups -OCH3 is 1. The van der Waals surface area contributed by atoms with E-state index in [9.17, 15) is 13.2 Å². The molecule has 1 aliphatic heterocycles. The minimum Gasteiger partial charge on any atom is -0.497 e. The van der Waals surface area contributed by atoms with Crippen LogP contribution in [0.1, 0.15) is 20.8 Å². The Morgan fingerprint density at radius 3 is 2.48 bits per heavy atom. The quantitative estimate of drug-likeness (QED) is 0.732. The lowest BCUT2D eigenvalue weighted by Crippen LogP contribution is -2.59. The van der Waals surface area contributed by atoms with Crippen LogP contribution in [0, 0.1) is 0 Å². The molecule has 1 aromatic rings. The first-order chi connectivity index (χ1) is 11.6. The number of sulfonamides is 1. The molecule has 1 aliphatic rings. The highest BCUT2D eigenvalue weighted by atomic mass is 32.2. The monoisotopic (exact) mass is 371 g/mol. The number of rotatable bonds is 5. The standard InChI is InChI=1S/C16H25N3O5S/c1-16(2,3)24-18-15(20)14-11-17-9-10-19(14)25(21,22)13-7-5-12(23-4)6-8-13/h5-8,14,17H,9-11H2,1-4H3,(H,18,20). The lowest BCUT2D eigenvalue weighted by molar-refractivity contribution is -0.149. The van der Waals surface area contributed by atoms with Gasteiger partial charge in [0.1, 0.15) is 11.8 Å². The third-order valence-electron chi connectivity index (χ3n) is 3.62. The Hall–Kier alpha value is -1.68. The highest BCUT2D eigenvalue weighted by Gasteiger charge is 2.38. The summed E-state index contributed by atoms with van der Waals surface area (Å²) in [6.07, 6.45) is 0. The van der Waals surface area contributed by atoms with Gasteiger partial charge in [0.15, 0.2) is 0 Å². The molecule has 140 valence electrons. The molecule has 1 saturated heterocycles. The maximum atomic E-state index is 12.9. The second-order valence-electron chi connectivity index (χ2n) is 6.69. The van der Waals surface area contributed by atoms with Gasteiger partial charge < -0.3 is 10.1 Å². The SMILES string of the molecule is COc1ccc(S(=O)(=O)N2CCNCC2C(=O)NOC(C)(C)C)cc1. The number of carbonyl (C=O) groups excluding carboxylic acids is 1. The van der Waals surface area contributed by atoms with Crippen LogP contribution in [0.2, 0.25) is 0 Å². The summed E-state index contributed by atoms with van der Waals surface area (Å²) in [5, 5.41) is 3.04. The number of nitrogens with one attached hydrogen (secondary N) is 2. The Kier molecular flexibility index (Phi) is 6.04. The first-order valence-electron chi connectivity index (χ1n) is 7.99. The maximum absolute atomic E-state index is 12.9. The van der Waals surface area contributed by atoms with E-state index in [4.69, 9.17) is 9.57 Å². The Bertz CT molecular complexity index is 697. The molecule has 0 saturated carbocycles. The predicted octanol–water partition coefficient (Wildman–Crippen LogP) is 0.504. The Labute approximate surface area is 148 Å². The number of carbonyl (C=O) groups is 1. The molecule has 0 spiro atoms. The van der Waals surface area contributed by atoms with Gasteiger partial charge in [-0.05, 0) is 45.0 Å². The van der Waals surface area contributed by atoms with Gasteiger partial charge in [-0.15, -0.1) is 0 Å².